The molecule has 0 saturated carbocycles. The van der Waals surface area contributed by atoms with Crippen molar-refractivity contribution in [1.29, 1.82) is 0 Å². The fourth-order valence-corrected chi connectivity index (χ4v) is 2.35. The molecule has 0 aliphatic carbocycles. The molecule has 0 atom stereocenters. The van der Waals surface area contributed by atoms with Crippen molar-refractivity contribution < 1.29 is 9.59 Å². The van der Waals surface area contributed by atoms with Gasteiger partial charge in [0.15, 0.2) is 0 Å². The van der Waals surface area contributed by atoms with Gasteiger partial charge in [-0.25, -0.2) is 0 Å². The standard InChI is InChI=1S/C16H16BrN3O2/c1-11-8-13(17)2-3-14(11)20-16(22)9-15(21)19-10-12-4-6-18-7-5-12/h2-8H,9-10H2,1H3,(H,19,21)(H,20,22). The maximum absolute atomic E-state index is 11.9. The molecule has 0 radical (unpaired) electrons. The van der Waals surface area contributed by atoms with E-state index in [2.05, 4.69) is 31.5 Å². The highest BCUT2D eigenvalue weighted by Gasteiger charge is 2.10. The normalized spacial score (nSPS) is 10.1. The number of amides is 2. The number of benzene rings is 1. The Balaban J connectivity index is 1.82. The van der Waals surface area contributed by atoms with Crippen LogP contribution in [0.1, 0.15) is 17.5 Å². The van der Waals surface area contributed by atoms with Gasteiger partial charge < -0.3 is 10.6 Å². The first kappa shape index (κ1) is 16.2. The van der Waals surface area contributed by atoms with E-state index in [1.807, 2.05) is 31.2 Å². The third kappa shape index (κ3) is 4.96. The van der Waals surface area contributed by atoms with Crippen LogP contribution >= 0.6 is 15.9 Å². The number of carbonyl (C=O) groups excluding carboxylic acids is 2. The van der Waals surface area contributed by atoms with Gasteiger partial charge in [-0.1, -0.05) is 15.9 Å². The van der Waals surface area contributed by atoms with Crippen LogP contribution in [-0.2, 0) is 16.1 Å². The fraction of sp³-hybridized carbons (Fsp3) is 0.188. The minimum Gasteiger partial charge on any atom is -0.352 e. The largest absolute Gasteiger partial charge is 0.352 e. The Hall–Kier alpha value is -2.21. The number of halogens is 1. The first-order valence-electron chi connectivity index (χ1n) is 6.76. The van der Waals surface area contributed by atoms with Crippen LogP contribution in [0.4, 0.5) is 5.69 Å². The Bertz CT molecular complexity index is 674. The molecular formula is C16H16BrN3O2. The number of hydrogen-bond donors (Lipinski definition) is 2. The molecule has 114 valence electrons. The van der Waals surface area contributed by atoms with E-state index in [0.717, 1.165) is 15.6 Å². The number of aromatic nitrogens is 1. The first-order valence-corrected chi connectivity index (χ1v) is 7.55. The van der Waals surface area contributed by atoms with Crippen molar-refractivity contribution in [2.24, 2.45) is 0 Å². The van der Waals surface area contributed by atoms with Crippen LogP contribution in [0, 0.1) is 6.92 Å². The van der Waals surface area contributed by atoms with Crippen LogP contribution in [0.25, 0.3) is 0 Å². The van der Waals surface area contributed by atoms with E-state index in [-0.39, 0.29) is 18.2 Å². The number of rotatable bonds is 5. The Kier molecular flexibility index (Phi) is 5.66. The lowest BCUT2D eigenvalue weighted by Gasteiger charge is -2.09. The molecule has 6 heteroatoms. The molecule has 2 aromatic rings. The molecule has 5 nitrogen and oxygen atoms in total. The average Bonchev–Trinajstić information content (AvgIpc) is 2.49. The molecule has 2 N–H and O–H groups in total. The van der Waals surface area contributed by atoms with Crippen molar-refractivity contribution in [2.75, 3.05) is 5.32 Å². The molecule has 22 heavy (non-hydrogen) atoms. The molecule has 0 bridgehead atoms. The second-order valence-corrected chi connectivity index (χ2v) is 5.73. The SMILES string of the molecule is Cc1cc(Br)ccc1NC(=O)CC(=O)NCc1ccncc1. The van der Waals surface area contributed by atoms with E-state index in [1.54, 1.807) is 18.5 Å². The number of carbonyl (C=O) groups is 2. The van der Waals surface area contributed by atoms with Gasteiger partial charge >= 0.3 is 0 Å². The highest BCUT2D eigenvalue weighted by atomic mass is 79.9. The van der Waals surface area contributed by atoms with Gasteiger partial charge in [0, 0.05) is 29.1 Å². The lowest BCUT2D eigenvalue weighted by molar-refractivity contribution is -0.126. The van der Waals surface area contributed by atoms with Crippen molar-refractivity contribution in [3.63, 3.8) is 0 Å². The minimum atomic E-state index is -0.336. The van der Waals surface area contributed by atoms with E-state index >= 15 is 0 Å². The van der Waals surface area contributed by atoms with Crippen LogP contribution in [0.2, 0.25) is 0 Å². The van der Waals surface area contributed by atoms with Gasteiger partial charge in [-0.15, -0.1) is 0 Å². The van der Waals surface area contributed by atoms with Gasteiger partial charge in [0.05, 0.1) is 0 Å². The predicted molar refractivity (Wildman–Crippen MR) is 88.2 cm³/mol. The van der Waals surface area contributed by atoms with E-state index in [4.69, 9.17) is 0 Å². The third-order valence-electron chi connectivity index (χ3n) is 3.02. The zero-order valence-electron chi connectivity index (χ0n) is 12.1. The smallest absolute Gasteiger partial charge is 0.233 e. The molecule has 0 saturated heterocycles. The molecule has 1 aromatic heterocycles. The Labute approximate surface area is 137 Å². The van der Waals surface area contributed by atoms with Crippen LogP contribution < -0.4 is 10.6 Å². The number of nitrogens with zero attached hydrogens (tertiary/aromatic N) is 1. The number of anilines is 1. The lowest BCUT2D eigenvalue weighted by Crippen LogP contribution is -2.27. The van der Waals surface area contributed by atoms with E-state index < -0.39 is 0 Å². The van der Waals surface area contributed by atoms with Gasteiger partial charge in [-0.2, -0.15) is 0 Å². The summed E-state index contributed by atoms with van der Waals surface area (Å²) in [5.41, 5.74) is 2.57. The summed E-state index contributed by atoms with van der Waals surface area (Å²) in [6.07, 6.45) is 3.11. The molecule has 2 rings (SSSR count). The first-order chi connectivity index (χ1) is 10.5. The summed E-state index contributed by atoms with van der Waals surface area (Å²) in [6, 6.07) is 9.16. The van der Waals surface area contributed by atoms with Crippen molar-refractivity contribution in [3.05, 3.63) is 58.3 Å². The topological polar surface area (TPSA) is 71.1 Å². The monoisotopic (exact) mass is 361 g/mol. The molecule has 1 heterocycles. The van der Waals surface area contributed by atoms with E-state index in [1.165, 1.54) is 0 Å². The van der Waals surface area contributed by atoms with Crippen molar-refractivity contribution >= 4 is 33.4 Å². The summed E-state index contributed by atoms with van der Waals surface area (Å²) < 4.78 is 0.943. The number of hydrogen-bond acceptors (Lipinski definition) is 3. The molecule has 0 aliphatic heterocycles. The van der Waals surface area contributed by atoms with Gasteiger partial charge in [0.2, 0.25) is 11.8 Å². The van der Waals surface area contributed by atoms with Crippen LogP contribution in [0.5, 0.6) is 0 Å². The molecule has 0 fully saturated rings. The lowest BCUT2D eigenvalue weighted by atomic mass is 10.2. The van der Waals surface area contributed by atoms with Crippen molar-refractivity contribution in [3.8, 4) is 0 Å². The summed E-state index contributed by atoms with van der Waals surface area (Å²) in [4.78, 5) is 27.5. The zero-order valence-corrected chi connectivity index (χ0v) is 13.7. The summed E-state index contributed by atoms with van der Waals surface area (Å²) in [5, 5.41) is 5.44. The van der Waals surface area contributed by atoms with Gasteiger partial charge in [-0.3, -0.25) is 14.6 Å². The molecule has 0 unspecified atom stereocenters. The maximum Gasteiger partial charge on any atom is 0.233 e. The van der Waals surface area contributed by atoms with Crippen molar-refractivity contribution in [1.82, 2.24) is 10.3 Å². The molecular weight excluding hydrogens is 346 g/mol. The van der Waals surface area contributed by atoms with Crippen LogP contribution in [0.3, 0.4) is 0 Å². The highest BCUT2D eigenvalue weighted by molar-refractivity contribution is 9.10. The van der Waals surface area contributed by atoms with Gasteiger partial charge in [0.1, 0.15) is 6.42 Å². The van der Waals surface area contributed by atoms with E-state index in [0.29, 0.717) is 12.2 Å². The number of aryl methyl sites for hydroxylation is 1. The van der Waals surface area contributed by atoms with Crippen LogP contribution in [0.15, 0.2) is 47.2 Å². The van der Waals surface area contributed by atoms with Gasteiger partial charge in [0.25, 0.3) is 0 Å². The number of nitrogens with one attached hydrogen (secondary N) is 2. The van der Waals surface area contributed by atoms with Crippen LogP contribution in [-0.4, -0.2) is 16.8 Å². The van der Waals surface area contributed by atoms with Gasteiger partial charge in [-0.05, 0) is 48.4 Å². The zero-order chi connectivity index (χ0) is 15.9. The average molecular weight is 362 g/mol. The fourth-order valence-electron chi connectivity index (χ4n) is 1.87. The molecule has 1 aromatic carbocycles. The molecule has 0 spiro atoms. The van der Waals surface area contributed by atoms with Crippen molar-refractivity contribution in [2.45, 2.75) is 19.9 Å². The maximum atomic E-state index is 11.9. The number of pyridine rings is 1. The Morgan fingerprint density at radius 2 is 1.86 bits per heavy atom. The molecule has 0 aliphatic rings. The second-order valence-electron chi connectivity index (χ2n) is 4.82. The second kappa shape index (κ2) is 7.70. The summed E-state index contributed by atoms with van der Waals surface area (Å²) in [5.74, 6) is -0.651. The molecule has 2 amide bonds. The summed E-state index contributed by atoms with van der Waals surface area (Å²) in [6.45, 7) is 2.27. The predicted octanol–water partition coefficient (Wildman–Crippen LogP) is 2.80. The van der Waals surface area contributed by atoms with E-state index in [9.17, 15) is 9.59 Å². The summed E-state index contributed by atoms with van der Waals surface area (Å²) in [7, 11) is 0. The minimum absolute atomic E-state index is 0.208. The third-order valence-corrected chi connectivity index (χ3v) is 3.52. The summed E-state index contributed by atoms with van der Waals surface area (Å²) >= 11 is 3.36. The Morgan fingerprint density at radius 1 is 1.14 bits per heavy atom. The Morgan fingerprint density at radius 3 is 2.55 bits per heavy atom. The quantitative estimate of drug-likeness (QED) is 0.804. The highest BCUT2D eigenvalue weighted by Crippen LogP contribution is 2.20.